The highest BCUT2D eigenvalue weighted by atomic mass is 32.2. The molecule has 0 spiro atoms. The predicted octanol–water partition coefficient (Wildman–Crippen LogP) is 7.12. The number of carbonyl (C=O) groups excluding carboxylic acids is 1. The lowest BCUT2D eigenvalue weighted by atomic mass is 10.0. The molecule has 0 rings (SSSR count). The van der Waals surface area contributed by atoms with Crippen molar-refractivity contribution in [3.63, 3.8) is 0 Å². The van der Waals surface area contributed by atoms with Crippen LogP contribution in [-0.2, 0) is 14.9 Å². The molecule has 208 valence electrons. The Morgan fingerprint density at radius 2 is 1.23 bits per heavy atom. The molecule has 7 heteroatoms. The van der Waals surface area contributed by atoms with Crippen LogP contribution in [0.1, 0.15) is 142 Å². The van der Waals surface area contributed by atoms with Crippen molar-refractivity contribution in [3.8, 4) is 0 Å². The zero-order valence-electron chi connectivity index (χ0n) is 22.7. The molecule has 0 heterocycles. The number of aliphatic hydroxyl groups is 1. The fourth-order valence-electron chi connectivity index (χ4n) is 4.26. The van der Waals surface area contributed by atoms with Gasteiger partial charge in [0.05, 0.1) is 17.9 Å². The van der Waals surface area contributed by atoms with Crippen LogP contribution < -0.4 is 5.32 Å². The summed E-state index contributed by atoms with van der Waals surface area (Å²) in [5, 5.41) is 13.1. The highest BCUT2D eigenvalue weighted by Gasteiger charge is 2.25. The van der Waals surface area contributed by atoms with E-state index < -0.39 is 28.0 Å². The van der Waals surface area contributed by atoms with Gasteiger partial charge in [-0.25, -0.2) is 0 Å². The smallest absolute Gasteiger partial charge is 0.266 e. The number of allylic oxidation sites excluding steroid dienone is 2. The third-order valence-electron chi connectivity index (χ3n) is 6.47. The number of hydrogen-bond acceptors (Lipinski definition) is 4. The first-order valence-corrected chi connectivity index (χ1v) is 16.0. The van der Waals surface area contributed by atoms with Crippen molar-refractivity contribution in [2.45, 2.75) is 154 Å². The molecule has 2 unspecified atom stereocenters. The maximum Gasteiger partial charge on any atom is 0.266 e. The number of carbonyl (C=O) groups is 1. The van der Waals surface area contributed by atoms with Gasteiger partial charge in [0, 0.05) is 6.42 Å². The van der Waals surface area contributed by atoms with Crippen molar-refractivity contribution in [2.75, 3.05) is 5.75 Å². The Morgan fingerprint density at radius 3 is 1.80 bits per heavy atom. The van der Waals surface area contributed by atoms with Crippen LogP contribution >= 0.6 is 0 Å². The topological polar surface area (TPSA) is 104 Å². The molecule has 35 heavy (non-hydrogen) atoms. The highest BCUT2D eigenvalue weighted by molar-refractivity contribution is 7.85. The standard InChI is InChI=1S/C28H55NO5S/c1-3-5-7-9-11-13-14-16-18-20-22-24-28(31)29-26(25-35(32,33)34)27(30)23-21-19-17-15-12-10-8-6-4-2/h9,11,26-27,30H,3-8,10,12-25H2,1-2H3,(H,29,31)(H,32,33,34)/b11-9-. The summed E-state index contributed by atoms with van der Waals surface area (Å²) < 4.78 is 32.1. The lowest BCUT2D eigenvalue weighted by Gasteiger charge is -2.23. The zero-order chi connectivity index (χ0) is 26.2. The third kappa shape index (κ3) is 24.5. The van der Waals surface area contributed by atoms with Crippen LogP contribution in [0.3, 0.4) is 0 Å². The van der Waals surface area contributed by atoms with Crippen LogP contribution in [-0.4, -0.2) is 41.9 Å². The monoisotopic (exact) mass is 517 g/mol. The van der Waals surface area contributed by atoms with Crippen molar-refractivity contribution in [1.29, 1.82) is 0 Å². The van der Waals surface area contributed by atoms with Crippen LogP contribution in [0.2, 0.25) is 0 Å². The molecule has 2 atom stereocenters. The van der Waals surface area contributed by atoms with Gasteiger partial charge in [-0.2, -0.15) is 8.42 Å². The van der Waals surface area contributed by atoms with Gasteiger partial charge in [0.15, 0.2) is 0 Å². The lowest BCUT2D eigenvalue weighted by Crippen LogP contribution is -2.47. The first kappa shape index (κ1) is 34.1. The molecule has 6 nitrogen and oxygen atoms in total. The first-order chi connectivity index (χ1) is 16.8. The largest absolute Gasteiger partial charge is 0.391 e. The average Bonchev–Trinajstić information content (AvgIpc) is 2.80. The van der Waals surface area contributed by atoms with E-state index in [0.717, 1.165) is 64.2 Å². The summed E-state index contributed by atoms with van der Waals surface area (Å²) in [7, 11) is -4.29. The number of rotatable bonds is 25. The molecule has 0 aliphatic rings. The van der Waals surface area contributed by atoms with Crippen LogP contribution in [0.25, 0.3) is 0 Å². The minimum Gasteiger partial charge on any atom is -0.391 e. The highest BCUT2D eigenvalue weighted by Crippen LogP contribution is 2.14. The van der Waals surface area contributed by atoms with Gasteiger partial charge in [-0.05, 0) is 32.1 Å². The van der Waals surface area contributed by atoms with Gasteiger partial charge >= 0.3 is 0 Å². The molecule has 0 aromatic heterocycles. The normalized spacial score (nSPS) is 13.8. The van der Waals surface area contributed by atoms with E-state index in [9.17, 15) is 22.9 Å². The lowest BCUT2D eigenvalue weighted by molar-refractivity contribution is -0.122. The summed E-state index contributed by atoms with van der Waals surface area (Å²) in [5.74, 6) is -0.910. The SMILES string of the molecule is CCCC/C=C\CCCCCCCC(=O)NC(CS(=O)(=O)O)C(O)CCCCCCCCCCC. The molecular weight excluding hydrogens is 462 g/mol. The maximum absolute atomic E-state index is 12.3. The van der Waals surface area contributed by atoms with Crippen LogP contribution in [0, 0.1) is 0 Å². The van der Waals surface area contributed by atoms with Crippen molar-refractivity contribution in [2.24, 2.45) is 0 Å². The minimum absolute atomic E-state index is 0.261. The predicted molar refractivity (Wildman–Crippen MR) is 147 cm³/mol. The second-order valence-corrected chi connectivity index (χ2v) is 11.5. The fourth-order valence-corrected chi connectivity index (χ4v) is 5.02. The molecule has 0 aliphatic carbocycles. The summed E-state index contributed by atoms with van der Waals surface area (Å²) in [4.78, 5) is 12.3. The van der Waals surface area contributed by atoms with Gasteiger partial charge < -0.3 is 10.4 Å². The zero-order valence-corrected chi connectivity index (χ0v) is 23.5. The molecular formula is C28H55NO5S. The van der Waals surface area contributed by atoms with Gasteiger partial charge in [-0.3, -0.25) is 9.35 Å². The molecule has 3 N–H and O–H groups in total. The van der Waals surface area contributed by atoms with E-state index in [4.69, 9.17) is 0 Å². The van der Waals surface area contributed by atoms with Crippen LogP contribution in [0.5, 0.6) is 0 Å². The van der Waals surface area contributed by atoms with E-state index >= 15 is 0 Å². The number of amides is 1. The number of nitrogens with one attached hydrogen (secondary N) is 1. The van der Waals surface area contributed by atoms with Crippen molar-refractivity contribution >= 4 is 16.0 Å². The quantitative estimate of drug-likeness (QED) is 0.0679. The summed E-state index contributed by atoms with van der Waals surface area (Å²) in [6.07, 6.45) is 24.5. The first-order valence-electron chi connectivity index (χ1n) is 14.4. The van der Waals surface area contributed by atoms with E-state index in [1.54, 1.807) is 0 Å². The van der Waals surface area contributed by atoms with E-state index in [1.165, 1.54) is 51.4 Å². The van der Waals surface area contributed by atoms with Gasteiger partial charge in [0.25, 0.3) is 10.1 Å². The summed E-state index contributed by atoms with van der Waals surface area (Å²) in [5.41, 5.74) is 0. The van der Waals surface area contributed by atoms with Crippen molar-refractivity contribution < 1.29 is 22.9 Å². The molecule has 0 aromatic carbocycles. The second-order valence-electron chi connectivity index (χ2n) is 10.0. The molecule has 0 radical (unpaired) electrons. The summed E-state index contributed by atoms with van der Waals surface area (Å²) in [6.45, 7) is 4.41. The molecule has 1 amide bonds. The van der Waals surface area contributed by atoms with Crippen LogP contribution in [0.4, 0.5) is 0 Å². The number of hydrogen-bond donors (Lipinski definition) is 3. The molecule has 0 saturated heterocycles. The van der Waals surface area contributed by atoms with Gasteiger partial charge in [-0.1, -0.05) is 116 Å². The Balaban J connectivity index is 4.08. The molecule has 0 saturated carbocycles. The van der Waals surface area contributed by atoms with Crippen molar-refractivity contribution in [3.05, 3.63) is 12.2 Å². The van der Waals surface area contributed by atoms with Gasteiger partial charge in [0.1, 0.15) is 0 Å². The average molecular weight is 518 g/mol. The molecule has 0 aliphatic heterocycles. The molecule has 0 bridgehead atoms. The minimum atomic E-state index is -4.29. The Kier molecular flexibility index (Phi) is 22.9. The maximum atomic E-state index is 12.3. The fraction of sp³-hybridized carbons (Fsp3) is 0.893. The molecule has 0 aromatic rings. The summed E-state index contributed by atoms with van der Waals surface area (Å²) >= 11 is 0. The van der Waals surface area contributed by atoms with Gasteiger partial charge in [0.2, 0.25) is 5.91 Å². The summed E-state index contributed by atoms with van der Waals surface area (Å²) in [6, 6.07) is -0.967. The number of aliphatic hydroxyl groups excluding tert-OH is 1. The van der Waals surface area contributed by atoms with E-state index in [2.05, 4.69) is 31.3 Å². The van der Waals surface area contributed by atoms with E-state index in [-0.39, 0.29) is 5.91 Å². The second kappa shape index (κ2) is 23.5. The van der Waals surface area contributed by atoms with Crippen LogP contribution in [0.15, 0.2) is 12.2 Å². The van der Waals surface area contributed by atoms with E-state index in [1.807, 2.05) is 0 Å². The van der Waals surface area contributed by atoms with Crippen molar-refractivity contribution in [1.82, 2.24) is 5.32 Å². The number of unbranched alkanes of at least 4 members (excludes halogenated alkanes) is 15. The Hall–Kier alpha value is -0.920. The Morgan fingerprint density at radius 1 is 0.743 bits per heavy atom. The Bertz CT molecular complexity index is 621. The van der Waals surface area contributed by atoms with Gasteiger partial charge in [-0.15, -0.1) is 0 Å². The van der Waals surface area contributed by atoms with E-state index in [0.29, 0.717) is 12.8 Å². The molecule has 0 fully saturated rings. The Labute approximate surface area is 216 Å². The third-order valence-corrected chi connectivity index (χ3v) is 7.25.